The molecule has 2 aliphatic heterocycles. The average Bonchev–Trinajstić information content (AvgIpc) is 3.29. The molecule has 1 fully saturated rings. The van der Waals surface area contributed by atoms with Crippen LogP contribution in [0.5, 0.6) is 0 Å². The zero-order valence-corrected chi connectivity index (χ0v) is 21.8. The number of benzene rings is 1. The van der Waals surface area contributed by atoms with Crippen LogP contribution in [0.4, 0.5) is 8.78 Å². The van der Waals surface area contributed by atoms with Crippen molar-refractivity contribution in [3.63, 3.8) is 0 Å². The minimum Gasteiger partial charge on any atom is -0.493 e. The average molecular weight is 512 g/mol. The first-order chi connectivity index (χ1) is 18.1. The largest absolute Gasteiger partial charge is 0.493 e. The summed E-state index contributed by atoms with van der Waals surface area (Å²) in [4.78, 5) is 6.03. The zero-order valence-electron chi connectivity index (χ0n) is 21.8. The molecule has 2 aromatic rings. The van der Waals surface area contributed by atoms with Crippen molar-refractivity contribution < 1.29 is 18.3 Å². The minimum atomic E-state index is -1.30. The highest BCUT2D eigenvalue weighted by molar-refractivity contribution is 5.85. The van der Waals surface area contributed by atoms with Crippen molar-refractivity contribution in [2.45, 2.75) is 56.8 Å². The summed E-state index contributed by atoms with van der Waals surface area (Å²) in [6.45, 7) is 4.46. The van der Waals surface area contributed by atoms with Gasteiger partial charge in [0.05, 0.1) is 25.9 Å². The number of hydrogen-bond acceptors (Lipinski definition) is 4. The van der Waals surface area contributed by atoms with Gasteiger partial charge in [0.1, 0.15) is 12.4 Å². The van der Waals surface area contributed by atoms with Crippen LogP contribution in [0.3, 0.4) is 0 Å². The Morgan fingerprint density at radius 3 is 2.81 bits per heavy atom. The van der Waals surface area contributed by atoms with E-state index in [4.69, 9.17) is 9.47 Å². The summed E-state index contributed by atoms with van der Waals surface area (Å²) in [7, 11) is 0. The van der Waals surface area contributed by atoms with Gasteiger partial charge < -0.3 is 19.8 Å². The van der Waals surface area contributed by atoms with Crippen LogP contribution in [0.1, 0.15) is 49.9 Å². The van der Waals surface area contributed by atoms with Crippen molar-refractivity contribution in [2.24, 2.45) is 0 Å². The van der Waals surface area contributed by atoms with Crippen LogP contribution in [-0.2, 0) is 15.9 Å². The smallest absolute Gasteiger partial charge is 0.169 e. The molecule has 1 aliphatic carbocycles. The van der Waals surface area contributed by atoms with E-state index in [1.165, 1.54) is 22.2 Å². The van der Waals surface area contributed by atoms with Gasteiger partial charge in [0, 0.05) is 35.7 Å². The second kappa shape index (κ2) is 11.9. The Labute approximate surface area is 218 Å². The van der Waals surface area contributed by atoms with E-state index in [1.54, 1.807) is 0 Å². The van der Waals surface area contributed by atoms with Gasteiger partial charge in [-0.3, -0.25) is 9.29 Å². The first kappa shape index (κ1) is 26.1. The van der Waals surface area contributed by atoms with E-state index in [1.807, 2.05) is 0 Å². The van der Waals surface area contributed by atoms with Crippen LogP contribution in [0, 0.1) is 0 Å². The topological polar surface area (TPSA) is 49.5 Å². The molecule has 0 bridgehead atoms. The third kappa shape index (κ3) is 6.00. The number of aromatic nitrogens is 1. The monoisotopic (exact) mass is 511 g/mol. The molecule has 2 atom stereocenters. The fourth-order valence-corrected chi connectivity index (χ4v) is 5.67. The van der Waals surface area contributed by atoms with Crippen LogP contribution < -0.4 is 5.32 Å². The van der Waals surface area contributed by atoms with Crippen LogP contribution in [0.15, 0.2) is 59.9 Å². The highest BCUT2D eigenvalue weighted by Gasteiger charge is 2.45. The van der Waals surface area contributed by atoms with Crippen LogP contribution >= 0.6 is 0 Å². The summed E-state index contributed by atoms with van der Waals surface area (Å²) in [6, 6.07) is 8.57. The number of allylic oxidation sites excluding steroid dienone is 3. The highest BCUT2D eigenvalue weighted by atomic mass is 19.1. The molecule has 7 heteroatoms. The van der Waals surface area contributed by atoms with E-state index in [9.17, 15) is 4.39 Å². The molecule has 0 spiro atoms. The molecule has 2 N–H and O–H groups in total. The molecule has 5 nitrogen and oxygen atoms in total. The minimum absolute atomic E-state index is 0.0719. The Kier molecular flexibility index (Phi) is 8.43. The maximum Gasteiger partial charge on any atom is 0.169 e. The molecule has 0 radical (unpaired) electrons. The lowest BCUT2D eigenvalue weighted by atomic mass is 9.86. The van der Waals surface area contributed by atoms with E-state index < -0.39 is 5.67 Å². The molecular formula is C30H39F2N3O2. The normalized spacial score (nSPS) is 27.5. The van der Waals surface area contributed by atoms with Crippen molar-refractivity contribution in [1.29, 1.82) is 0 Å². The van der Waals surface area contributed by atoms with E-state index in [0.29, 0.717) is 32.7 Å². The van der Waals surface area contributed by atoms with Gasteiger partial charge in [-0.2, -0.15) is 0 Å². The molecule has 5 rings (SSSR count). The predicted molar refractivity (Wildman–Crippen MR) is 144 cm³/mol. The Balaban J connectivity index is 1.42. The number of hydrogen-bond donors (Lipinski definition) is 2. The fourth-order valence-electron chi connectivity index (χ4n) is 5.67. The number of alkyl halides is 2. The lowest BCUT2D eigenvalue weighted by Crippen LogP contribution is -2.57. The maximum atomic E-state index is 15.4. The molecule has 0 saturated carbocycles. The zero-order chi connectivity index (χ0) is 25.7. The lowest BCUT2D eigenvalue weighted by molar-refractivity contribution is -0.147. The van der Waals surface area contributed by atoms with Crippen molar-refractivity contribution in [2.75, 3.05) is 46.1 Å². The number of aromatic amines is 1. The number of fused-ring (bicyclic) bond motifs is 3. The van der Waals surface area contributed by atoms with E-state index in [2.05, 4.69) is 70.7 Å². The molecular weight excluding hydrogens is 472 g/mol. The summed E-state index contributed by atoms with van der Waals surface area (Å²) in [6.07, 6.45) is 13.0. The Morgan fingerprint density at radius 1 is 1.16 bits per heavy atom. The second-order valence-corrected chi connectivity index (χ2v) is 10.6. The van der Waals surface area contributed by atoms with Gasteiger partial charge in [-0.25, -0.2) is 4.39 Å². The molecule has 0 amide bonds. The standard InChI is InChI=1S/C30H39F2N3O2/c1-22-18-26-25-10-5-6-11-27(25)34-28(26)29(35(22)19-30(32)20-36-21-30)23-8-3-2-4-9-24(13-12-23)37-17-16-33-15-7-14-31/h5-6,8-13,22,29,33-34H,2-4,7,14-21H2,1H3/b13-12-,23-8+,24-9-/t22-,29-/m1/s1. The van der Waals surface area contributed by atoms with Crippen molar-refractivity contribution in [3.05, 3.63) is 71.2 Å². The van der Waals surface area contributed by atoms with Crippen LogP contribution in [0.2, 0.25) is 0 Å². The van der Waals surface area contributed by atoms with E-state index in [0.717, 1.165) is 37.0 Å². The second-order valence-electron chi connectivity index (χ2n) is 10.6. The molecule has 37 heavy (non-hydrogen) atoms. The van der Waals surface area contributed by atoms with Crippen molar-refractivity contribution in [3.8, 4) is 0 Å². The number of rotatable bonds is 10. The third-order valence-corrected chi connectivity index (χ3v) is 7.63. The summed E-state index contributed by atoms with van der Waals surface area (Å²) in [5.74, 6) is 0.849. The molecule has 1 aromatic carbocycles. The van der Waals surface area contributed by atoms with Gasteiger partial charge in [-0.15, -0.1) is 0 Å². The number of ether oxygens (including phenoxy) is 2. The predicted octanol–water partition coefficient (Wildman–Crippen LogP) is 5.71. The number of para-hydroxylation sites is 1. The van der Waals surface area contributed by atoms with Gasteiger partial charge in [0.2, 0.25) is 0 Å². The van der Waals surface area contributed by atoms with Crippen molar-refractivity contribution >= 4 is 10.9 Å². The van der Waals surface area contributed by atoms with Gasteiger partial charge in [-0.05, 0) is 74.9 Å². The first-order valence-corrected chi connectivity index (χ1v) is 13.7. The van der Waals surface area contributed by atoms with Crippen molar-refractivity contribution in [1.82, 2.24) is 15.2 Å². The Hall–Kier alpha value is -2.48. The van der Waals surface area contributed by atoms with Gasteiger partial charge in [0.25, 0.3) is 0 Å². The molecule has 1 aromatic heterocycles. The Morgan fingerprint density at radius 2 is 2.00 bits per heavy atom. The van der Waals surface area contributed by atoms with Crippen LogP contribution in [-0.4, -0.2) is 67.7 Å². The van der Waals surface area contributed by atoms with Gasteiger partial charge >= 0.3 is 0 Å². The highest BCUT2D eigenvalue weighted by Crippen LogP contribution is 2.43. The summed E-state index contributed by atoms with van der Waals surface area (Å²) < 4.78 is 39.1. The summed E-state index contributed by atoms with van der Waals surface area (Å²) in [5.41, 5.74) is 3.50. The number of nitrogens with one attached hydrogen (secondary N) is 2. The molecule has 1 saturated heterocycles. The molecule has 3 heterocycles. The molecule has 3 aliphatic rings. The fraction of sp³-hybridized carbons (Fsp3) is 0.533. The lowest BCUT2D eigenvalue weighted by Gasteiger charge is -2.46. The molecule has 200 valence electrons. The Bertz CT molecular complexity index is 1150. The quantitative estimate of drug-likeness (QED) is 0.401. The van der Waals surface area contributed by atoms with Crippen LogP contribution in [0.25, 0.3) is 10.9 Å². The SMILES string of the molecule is C[C@@H]1Cc2c([nH]c3ccccc23)[C@@H](C2=C/CCC/C=C(OCCNCCCF)/C=C\2)N1CC1(F)COC1. The van der Waals surface area contributed by atoms with Gasteiger partial charge in [-0.1, -0.05) is 30.4 Å². The summed E-state index contributed by atoms with van der Waals surface area (Å²) in [5, 5.41) is 4.47. The van der Waals surface area contributed by atoms with Gasteiger partial charge in [0.15, 0.2) is 5.67 Å². The number of halogens is 2. The van der Waals surface area contributed by atoms with E-state index >= 15 is 4.39 Å². The first-order valence-electron chi connectivity index (χ1n) is 13.7. The summed E-state index contributed by atoms with van der Waals surface area (Å²) >= 11 is 0. The van der Waals surface area contributed by atoms with E-state index in [-0.39, 0.29) is 32.0 Å². The maximum absolute atomic E-state index is 15.4. The third-order valence-electron chi connectivity index (χ3n) is 7.63. The molecule has 0 unspecified atom stereocenters. The number of H-pyrrole nitrogens is 1. The number of nitrogens with zero attached hydrogens (tertiary/aromatic N) is 1.